The third kappa shape index (κ3) is 4.59. The Hall–Kier alpha value is -4.21. The molecule has 2 aromatic carbocycles. The second-order valence-corrected chi connectivity index (χ2v) is 7.84. The van der Waals surface area contributed by atoms with Crippen LogP contribution in [-0.4, -0.2) is 30.3 Å². The number of rotatable bonds is 5. The van der Waals surface area contributed by atoms with Gasteiger partial charge in [0.15, 0.2) is 0 Å². The fourth-order valence-corrected chi connectivity index (χ4v) is 3.95. The zero-order valence-electron chi connectivity index (χ0n) is 18.8. The molecule has 35 heavy (non-hydrogen) atoms. The lowest BCUT2D eigenvalue weighted by Crippen LogP contribution is -2.29. The first-order valence-corrected chi connectivity index (χ1v) is 10.4. The molecule has 1 aromatic heterocycles. The van der Waals surface area contributed by atoms with E-state index in [1.54, 1.807) is 44.2 Å². The molecule has 0 spiro atoms. The Balaban J connectivity index is 1.85. The number of ether oxygens (including phenoxy) is 2. The SMILES string of the molecule is COc1ccc(/C(O)=C2/C(=O)C(=O)N(c3ccc(OC(F)(F)F)cc3)C2c2ccc(C)o2)c(C)c1. The molecule has 0 bridgehead atoms. The number of halogens is 3. The van der Waals surface area contributed by atoms with Gasteiger partial charge in [-0.25, -0.2) is 0 Å². The number of furan rings is 1. The Morgan fingerprint density at radius 3 is 2.20 bits per heavy atom. The van der Waals surface area contributed by atoms with Gasteiger partial charge < -0.3 is 19.0 Å². The third-order valence-corrected chi connectivity index (χ3v) is 5.51. The standard InChI is InChI=1S/C25H20F3NO6/c1-13-12-17(33-3)9-10-18(13)22(30)20-21(19-11-4-14(2)34-19)29(24(32)23(20)31)15-5-7-16(8-6-15)35-25(26,27)28/h4-12,21,30H,1-3H3/b22-20-. The molecule has 1 aliphatic rings. The van der Waals surface area contributed by atoms with Crippen LogP contribution in [0.2, 0.25) is 0 Å². The van der Waals surface area contributed by atoms with Gasteiger partial charge in [-0.2, -0.15) is 0 Å². The second-order valence-electron chi connectivity index (χ2n) is 7.84. The van der Waals surface area contributed by atoms with Crippen molar-refractivity contribution in [1.29, 1.82) is 0 Å². The summed E-state index contributed by atoms with van der Waals surface area (Å²) < 4.78 is 52.4. The maximum Gasteiger partial charge on any atom is 0.573 e. The third-order valence-electron chi connectivity index (χ3n) is 5.51. The van der Waals surface area contributed by atoms with Crippen LogP contribution in [0, 0.1) is 13.8 Å². The summed E-state index contributed by atoms with van der Waals surface area (Å²) in [7, 11) is 1.49. The summed E-state index contributed by atoms with van der Waals surface area (Å²) in [5, 5.41) is 11.2. The van der Waals surface area contributed by atoms with Gasteiger partial charge in [0.05, 0.1) is 12.7 Å². The van der Waals surface area contributed by atoms with Crippen molar-refractivity contribution in [1.82, 2.24) is 0 Å². The highest BCUT2D eigenvalue weighted by molar-refractivity contribution is 6.51. The van der Waals surface area contributed by atoms with Crippen LogP contribution in [0.25, 0.3) is 5.76 Å². The van der Waals surface area contributed by atoms with E-state index in [1.807, 2.05) is 0 Å². The number of alkyl halides is 3. The first-order valence-electron chi connectivity index (χ1n) is 10.4. The molecule has 4 rings (SSSR count). The number of Topliss-reactive ketones (excluding diaryl/α,β-unsaturated/α-hetero) is 1. The lowest BCUT2D eigenvalue weighted by molar-refractivity contribution is -0.274. The van der Waals surface area contributed by atoms with E-state index in [0.717, 1.165) is 17.0 Å². The fraction of sp³-hybridized carbons (Fsp3) is 0.200. The highest BCUT2D eigenvalue weighted by atomic mass is 19.4. The predicted molar refractivity (Wildman–Crippen MR) is 119 cm³/mol. The number of ketones is 1. The van der Waals surface area contributed by atoms with E-state index in [9.17, 15) is 27.9 Å². The summed E-state index contributed by atoms with van der Waals surface area (Å²) >= 11 is 0. The fourth-order valence-electron chi connectivity index (χ4n) is 3.95. The number of methoxy groups -OCH3 is 1. The van der Waals surface area contributed by atoms with Gasteiger partial charge in [-0.1, -0.05) is 0 Å². The minimum Gasteiger partial charge on any atom is -0.507 e. The first kappa shape index (κ1) is 23.9. The summed E-state index contributed by atoms with van der Waals surface area (Å²) in [6.07, 6.45) is -4.88. The second kappa shape index (κ2) is 8.86. The molecule has 0 saturated carbocycles. The van der Waals surface area contributed by atoms with Crippen molar-refractivity contribution in [3.63, 3.8) is 0 Å². The molecule has 1 atom stereocenters. The number of aliphatic hydroxyl groups is 1. The van der Waals surface area contributed by atoms with Gasteiger partial charge >= 0.3 is 6.36 Å². The van der Waals surface area contributed by atoms with Gasteiger partial charge in [-0.15, -0.1) is 13.2 Å². The van der Waals surface area contributed by atoms with Crippen molar-refractivity contribution in [2.75, 3.05) is 12.0 Å². The number of carbonyl (C=O) groups is 2. The maximum atomic E-state index is 13.1. The number of benzene rings is 2. The molecule has 2 heterocycles. The van der Waals surface area contributed by atoms with Gasteiger partial charge in [0.1, 0.15) is 34.8 Å². The van der Waals surface area contributed by atoms with Crippen LogP contribution in [0.1, 0.15) is 28.7 Å². The molecule has 10 heteroatoms. The van der Waals surface area contributed by atoms with E-state index in [-0.39, 0.29) is 17.0 Å². The average Bonchev–Trinajstić information content (AvgIpc) is 3.33. The van der Waals surface area contributed by atoms with Gasteiger partial charge in [0.2, 0.25) is 0 Å². The summed E-state index contributed by atoms with van der Waals surface area (Å²) in [5.74, 6) is -1.60. The molecular formula is C25H20F3NO6. The summed E-state index contributed by atoms with van der Waals surface area (Å²) in [6, 6.07) is 11.4. The van der Waals surface area contributed by atoms with Gasteiger partial charge in [0.25, 0.3) is 11.7 Å². The number of hydrogen-bond acceptors (Lipinski definition) is 6. The van der Waals surface area contributed by atoms with Crippen molar-refractivity contribution >= 4 is 23.1 Å². The molecule has 3 aromatic rings. The minimum atomic E-state index is -4.88. The molecule has 7 nitrogen and oxygen atoms in total. The van der Waals surface area contributed by atoms with Crippen LogP contribution >= 0.6 is 0 Å². The zero-order chi connectivity index (χ0) is 25.5. The Labute approximate surface area is 198 Å². The largest absolute Gasteiger partial charge is 0.573 e. The molecule has 1 N–H and O–H groups in total. The highest BCUT2D eigenvalue weighted by Gasteiger charge is 2.48. The zero-order valence-corrected chi connectivity index (χ0v) is 18.8. The highest BCUT2D eigenvalue weighted by Crippen LogP contribution is 2.43. The van der Waals surface area contributed by atoms with Crippen LogP contribution in [0.3, 0.4) is 0 Å². The lowest BCUT2D eigenvalue weighted by Gasteiger charge is -2.24. The van der Waals surface area contributed by atoms with E-state index in [1.165, 1.54) is 19.2 Å². The molecule has 1 saturated heterocycles. The Morgan fingerprint density at radius 1 is 1.00 bits per heavy atom. The van der Waals surface area contributed by atoms with E-state index < -0.39 is 35.6 Å². The molecule has 0 radical (unpaired) electrons. The van der Waals surface area contributed by atoms with E-state index in [2.05, 4.69) is 4.74 Å². The number of carbonyl (C=O) groups excluding carboxylic acids is 2. The Morgan fingerprint density at radius 2 is 1.66 bits per heavy atom. The summed E-state index contributed by atoms with van der Waals surface area (Å²) in [5.41, 5.74) is 0.807. The molecule has 182 valence electrons. The molecule has 1 fully saturated rings. The molecule has 1 unspecified atom stereocenters. The van der Waals surface area contributed by atoms with Crippen molar-refractivity contribution in [3.8, 4) is 11.5 Å². The molecule has 0 aliphatic carbocycles. The number of nitrogens with zero attached hydrogens (tertiary/aromatic N) is 1. The molecular weight excluding hydrogens is 467 g/mol. The number of aryl methyl sites for hydroxylation is 2. The predicted octanol–water partition coefficient (Wildman–Crippen LogP) is 5.43. The number of aliphatic hydroxyl groups excluding tert-OH is 1. The quantitative estimate of drug-likeness (QED) is 0.293. The molecule has 1 aliphatic heterocycles. The average molecular weight is 487 g/mol. The minimum absolute atomic E-state index is 0.117. The van der Waals surface area contributed by atoms with Crippen LogP contribution in [0.4, 0.5) is 18.9 Å². The van der Waals surface area contributed by atoms with Crippen molar-refractivity contribution in [3.05, 3.63) is 82.8 Å². The van der Waals surface area contributed by atoms with Crippen LogP contribution in [0.15, 0.2) is 64.6 Å². The smallest absolute Gasteiger partial charge is 0.507 e. The molecule has 1 amide bonds. The van der Waals surface area contributed by atoms with E-state index in [4.69, 9.17) is 9.15 Å². The van der Waals surface area contributed by atoms with E-state index >= 15 is 0 Å². The summed E-state index contributed by atoms with van der Waals surface area (Å²) in [4.78, 5) is 27.3. The summed E-state index contributed by atoms with van der Waals surface area (Å²) in [6.45, 7) is 3.38. The number of hydrogen-bond donors (Lipinski definition) is 1. The topological polar surface area (TPSA) is 89.2 Å². The first-order chi connectivity index (χ1) is 16.5. The van der Waals surface area contributed by atoms with E-state index in [0.29, 0.717) is 22.6 Å². The number of amides is 1. The Kier molecular flexibility index (Phi) is 6.06. The van der Waals surface area contributed by atoms with Gasteiger partial charge in [-0.3, -0.25) is 14.5 Å². The maximum absolute atomic E-state index is 13.1. The van der Waals surface area contributed by atoms with Gasteiger partial charge in [-0.05, 0) is 74.0 Å². The van der Waals surface area contributed by atoms with Crippen molar-refractivity contribution in [2.24, 2.45) is 0 Å². The van der Waals surface area contributed by atoms with Crippen molar-refractivity contribution in [2.45, 2.75) is 26.3 Å². The van der Waals surface area contributed by atoms with Crippen LogP contribution in [0.5, 0.6) is 11.5 Å². The van der Waals surface area contributed by atoms with Gasteiger partial charge in [0, 0.05) is 11.3 Å². The van der Waals surface area contributed by atoms with Crippen molar-refractivity contribution < 1.29 is 41.8 Å². The monoisotopic (exact) mass is 487 g/mol. The number of anilines is 1. The Bertz CT molecular complexity index is 1320. The van der Waals surface area contributed by atoms with Crippen LogP contribution in [-0.2, 0) is 9.59 Å². The van der Waals surface area contributed by atoms with Crippen LogP contribution < -0.4 is 14.4 Å². The lowest BCUT2D eigenvalue weighted by atomic mass is 9.97. The normalized spacial score (nSPS) is 17.7.